The summed E-state index contributed by atoms with van der Waals surface area (Å²) >= 11 is 4.99. The van der Waals surface area contributed by atoms with Crippen LogP contribution in [0, 0.1) is 0 Å². The quantitative estimate of drug-likeness (QED) is 0.944. The molecule has 0 radical (unpaired) electrons. The van der Waals surface area contributed by atoms with Crippen molar-refractivity contribution in [2.24, 2.45) is 5.73 Å². The summed E-state index contributed by atoms with van der Waals surface area (Å²) in [5.41, 5.74) is 6.80. The number of thiophene rings is 1. The van der Waals surface area contributed by atoms with Crippen LogP contribution >= 0.6 is 27.3 Å². The molecular weight excluding hydrogens is 288 g/mol. The maximum atomic E-state index is 5.78. The van der Waals surface area contributed by atoms with Gasteiger partial charge in [-0.25, -0.2) is 0 Å². The summed E-state index contributed by atoms with van der Waals surface area (Å²) < 4.78 is 6.67. The van der Waals surface area contributed by atoms with Gasteiger partial charge in [-0.1, -0.05) is 0 Å². The number of nitrogens with zero attached hydrogens (tertiary/aromatic N) is 1. The second-order valence-electron chi connectivity index (χ2n) is 3.24. The van der Waals surface area contributed by atoms with Crippen molar-refractivity contribution in [3.8, 4) is 5.75 Å². The van der Waals surface area contributed by atoms with E-state index >= 15 is 0 Å². The Labute approximate surface area is 106 Å². The molecule has 0 saturated carbocycles. The molecule has 0 fully saturated rings. The van der Waals surface area contributed by atoms with Crippen molar-refractivity contribution in [2.75, 3.05) is 6.54 Å². The number of halogens is 1. The van der Waals surface area contributed by atoms with Crippen molar-refractivity contribution in [2.45, 2.75) is 6.10 Å². The highest BCUT2D eigenvalue weighted by molar-refractivity contribution is 9.10. The Bertz CT molecular complexity index is 447. The van der Waals surface area contributed by atoms with Crippen LogP contribution in [-0.2, 0) is 0 Å². The van der Waals surface area contributed by atoms with Crippen LogP contribution in [0.5, 0.6) is 5.75 Å². The highest BCUT2D eigenvalue weighted by atomic mass is 79.9. The van der Waals surface area contributed by atoms with Crippen LogP contribution < -0.4 is 10.5 Å². The van der Waals surface area contributed by atoms with Crippen molar-refractivity contribution < 1.29 is 4.74 Å². The lowest BCUT2D eigenvalue weighted by Gasteiger charge is -2.16. The van der Waals surface area contributed by atoms with Gasteiger partial charge in [-0.15, -0.1) is 0 Å². The second-order valence-corrected chi connectivity index (χ2v) is 4.93. The van der Waals surface area contributed by atoms with E-state index < -0.39 is 0 Å². The van der Waals surface area contributed by atoms with Gasteiger partial charge in [0.2, 0.25) is 0 Å². The topological polar surface area (TPSA) is 48.1 Å². The molecule has 0 aliphatic heterocycles. The van der Waals surface area contributed by atoms with Crippen molar-refractivity contribution in [3.05, 3.63) is 45.3 Å². The maximum absolute atomic E-state index is 5.78. The third kappa shape index (κ3) is 2.81. The van der Waals surface area contributed by atoms with Gasteiger partial charge >= 0.3 is 0 Å². The fourth-order valence-electron chi connectivity index (χ4n) is 1.33. The third-order valence-corrected chi connectivity index (χ3v) is 3.22. The molecule has 2 rings (SSSR count). The molecular formula is C11H11BrN2OS. The van der Waals surface area contributed by atoms with Gasteiger partial charge in [0.05, 0.1) is 6.20 Å². The van der Waals surface area contributed by atoms with Crippen LogP contribution in [0.2, 0.25) is 0 Å². The summed E-state index contributed by atoms with van der Waals surface area (Å²) in [4.78, 5) is 4.04. The molecule has 84 valence electrons. The first-order valence-corrected chi connectivity index (χ1v) is 6.52. The number of pyridine rings is 1. The summed E-state index contributed by atoms with van der Waals surface area (Å²) in [7, 11) is 0. The van der Waals surface area contributed by atoms with Crippen LogP contribution in [0.3, 0.4) is 0 Å². The lowest BCUT2D eigenvalue weighted by Crippen LogP contribution is -2.17. The molecule has 0 aliphatic rings. The molecule has 2 aromatic heterocycles. The predicted molar refractivity (Wildman–Crippen MR) is 68.7 cm³/mol. The minimum atomic E-state index is -0.109. The largest absolute Gasteiger partial charge is 0.483 e. The van der Waals surface area contributed by atoms with Crippen LogP contribution in [0.4, 0.5) is 0 Å². The molecule has 2 N–H and O–H groups in total. The van der Waals surface area contributed by atoms with E-state index in [-0.39, 0.29) is 6.10 Å². The smallest absolute Gasteiger partial charge is 0.139 e. The number of hydrogen-bond acceptors (Lipinski definition) is 4. The van der Waals surface area contributed by atoms with Crippen molar-refractivity contribution >= 4 is 27.3 Å². The van der Waals surface area contributed by atoms with Gasteiger partial charge in [-0.3, -0.25) is 4.98 Å². The van der Waals surface area contributed by atoms with E-state index in [4.69, 9.17) is 10.5 Å². The van der Waals surface area contributed by atoms with Gasteiger partial charge in [0.25, 0.3) is 0 Å². The van der Waals surface area contributed by atoms with E-state index in [9.17, 15) is 0 Å². The molecule has 0 amide bonds. The van der Waals surface area contributed by atoms with Crippen molar-refractivity contribution in [1.29, 1.82) is 0 Å². The minimum Gasteiger partial charge on any atom is -0.483 e. The Balaban J connectivity index is 2.13. The average Bonchev–Trinajstić information content (AvgIpc) is 2.79. The fourth-order valence-corrected chi connectivity index (χ4v) is 2.38. The third-order valence-electron chi connectivity index (χ3n) is 2.09. The molecule has 3 nitrogen and oxygen atoms in total. The molecule has 0 spiro atoms. The summed E-state index contributed by atoms with van der Waals surface area (Å²) in [6, 6.07) is 3.90. The number of rotatable bonds is 4. The second kappa shape index (κ2) is 5.43. The number of hydrogen-bond donors (Lipinski definition) is 1. The van der Waals surface area contributed by atoms with E-state index in [1.54, 1.807) is 23.7 Å². The monoisotopic (exact) mass is 298 g/mol. The Morgan fingerprint density at radius 3 is 3.00 bits per heavy atom. The number of aromatic nitrogens is 1. The molecule has 0 aromatic carbocycles. The summed E-state index contributed by atoms with van der Waals surface area (Å²) in [5.74, 6) is 0.719. The van der Waals surface area contributed by atoms with E-state index in [0.29, 0.717) is 6.54 Å². The van der Waals surface area contributed by atoms with Gasteiger partial charge < -0.3 is 10.5 Å². The first kappa shape index (κ1) is 11.6. The first-order chi connectivity index (χ1) is 7.79. The minimum absolute atomic E-state index is 0.109. The molecule has 0 bridgehead atoms. The van der Waals surface area contributed by atoms with Crippen LogP contribution in [0.15, 0.2) is 39.8 Å². The number of ether oxygens (including phenoxy) is 1. The highest BCUT2D eigenvalue weighted by Crippen LogP contribution is 2.24. The Kier molecular flexibility index (Phi) is 3.93. The summed E-state index contributed by atoms with van der Waals surface area (Å²) in [5, 5.41) is 4.06. The molecule has 0 saturated heterocycles. The standard InChI is InChI=1S/C11H11BrN2OS/c12-9-3-10(6-14-5-9)15-11(4-13)8-1-2-16-7-8/h1-3,5-7,11H,4,13H2. The van der Waals surface area contributed by atoms with Crippen LogP contribution in [0.25, 0.3) is 0 Å². The Morgan fingerprint density at radius 1 is 1.50 bits per heavy atom. The highest BCUT2D eigenvalue weighted by Gasteiger charge is 2.12. The van der Waals surface area contributed by atoms with Gasteiger partial charge in [0.1, 0.15) is 11.9 Å². The molecule has 1 unspecified atom stereocenters. The Morgan fingerprint density at radius 2 is 2.38 bits per heavy atom. The van der Waals surface area contributed by atoms with Crippen LogP contribution in [-0.4, -0.2) is 11.5 Å². The normalized spacial score (nSPS) is 12.4. The van der Waals surface area contributed by atoms with E-state index in [1.807, 2.05) is 22.9 Å². The Hall–Kier alpha value is -0.910. The predicted octanol–water partition coefficient (Wildman–Crippen LogP) is 2.98. The van der Waals surface area contributed by atoms with E-state index in [0.717, 1.165) is 15.8 Å². The van der Waals surface area contributed by atoms with Gasteiger partial charge in [-0.05, 0) is 38.8 Å². The lowest BCUT2D eigenvalue weighted by atomic mass is 10.2. The van der Waals surface area contributed by atoms with E-state index in [1.165, 1.54) is 0 Å². The van der Waals surface area contributed by atoms with E-state index in [2.05, 4.69) is 20.9 Å². The average molecular weight is 299 g/mol. The van der Waals surface area contributed by atoms with Crippen molar-refractivity contribution in [1.82, 2.24) is 4.98 Å². The van der Waals surface area contributed by atoms with Gasteiger partial charge in [0, 0.05) is 22.8 Å². The van der Waals surface area contributed by atoms with Gasteiger partial charge in [-0.2, -0.15) is 11.3 Å². The summed E-state index contributed by atoms with van der Waals surface area (Å²) in [6.45, 7) is 0.448. The molecule has 5 heteroatoms. The maximum Gasteiger partial charge on any atom is 0.139 e. The molecule has 16 heavy (non-hydrogen) atoms. The van der Waals surface area contributed by atoms with Crippen molar-refractivity contribution in [3.63, 3.8) is 0 Å². The zero-order valence-electron chi connectivity index (χ0n) is 8.47. The fraction of sp³-hybridized carbons (Fsp3) is 0.182. The van der Waals surface area contributed by atoms with Crippen LogP contribution in [0.1, 0.15) is 11.7 Å². The number of nitrogens with two attached hydrogens (primary N) is 1. The first-order valence-electron chi connectivity index (χ1n) is 4.79. The zero-order valence-corrected chi connectivity index (χ0v) is 10.9. The van der Waals surface area contributed by atoms with Gasteiger partial charge in [0.15, 0.2) is 0 Å². The molecule has 1 atom stereocenters. The molecule has 0 aliphatic carbocycles. The molecule has 2 heterocycles. The summed E-state index contributed by atoms with van der Waals surface area (Å²) in [6.07, 6.45) is 3.29. The zero-order chi connectivity index (χ0) is 11.4. The lowest BCUT2D eigenvalue weighted by molar-refractivity contribution is 0.214. The molecule has 2 aromatic rings. The SMILES string of the molecule is NCC(Oc1cncc(Br)c1)c1ccsc1.